The van der Waals surface area contributed by atoms with E-state index in [2.05, 4.69) is 15.0 Å². The van der Waals surface area contributed by atoms with E-state index in [0.29, 0.717) is 32.0 Å². The van der Waals surface area contributed by atoms with Gasteiger partial charge in [-0.05, 0) is 30.2 Å². The predicted molar refractivity (Wildman–Crippen MR) is 88.7 cm³/mol. The predicted octanol–water partition coefficient (Wildman–Crippen LogP) is 1.46. The van der Waals surface area contributed by atoms with Crippen molar-refractivity contribution in [2.45, 2.75) is 31.2 Å². The highest BCUT2D eigenvalue weighted by Gasteiger charge is 2.49. The van der Waals surface area contributed by atoms with Crippen LogP contribution in [0, 0.1) is 0 Å². The Hall–Kier alpha value is -2.38. The van der Waals surface area contributed by atoms with Gasteiger partial charge in [0, 0.05) is 31.6 Å². The molecule has 0 unspecified atom stereocenters. The second-order valence-corrected chi connectivity index (χ2v) is 6.57. The van der Waals surface area contributed by atoms with Crippen molar-refractivity contribution in [3.05, 3.63) is 54.4 Å². The average Bonchev–Trinajstić information content (AvgIpc) is 2.65. The smallest absolute Gasteiger partial charge is 0.272 e. The van der Waals surface area contributed by atoms with E-state index in [9.17, 15) is 4.79 Å². The van der Waals surface area contributed by atoms with Crippen molar-refractivity contribution < 1.29 is 14.3 Å². The molecular weight excluding hydrogens is 320 g/mol. The molecule has 0 aromatic carbocycles. The van der Waals surface area contributed by atoms with E-state index in [0.717, 1.165) is 18.4 Å². The van der Waals surface area contributed by atoms with Crippen LogP contribution in [0.4, 0.5) is 0 Å². The average molecular weight is 340 g/mol. The van der Waals surface area contributed by atoms with E-state index in [4.69, 9.17) is 9.47 Å². The van der Waals surface area contributed by atoms with Gasteiger partial charge in [-0.15, -0.1) is 0 Å². The molecule has 0 saturated carbocycles. The van der Waals surface area contributed by atoms with Gasteiger partial charge in [0.05, 0.1) is 25.8 Å². The third-order valence-corrected chi connectivity index (χ3v) is 4.73. The molecular formula is C18H20N4O3. The van der Waals surface area contributed by atoms with Crippen molar-refractivity contribution in [2.24, 2.45) is 0 Å². The Kier molecular flexibility index (Phi) is 4.42. The number of amides is 1. The lowest BCUT2D eigenvalue weighted by molar-refractivity contribution is -0.188. The summed E-state index contributed by atoms with van der Waals surface area (Å²) >= 11 is 0. The molecule has 1 amide bonds. The molecule has 2 aromatic heterocycles. The lowest BCUT2D eigenvalue weighted by Crippen LogP contribution is -2.67. The Labute approximate surface area is 146 Å². The minimum Gasteiger partial charge on any atom is -0.373 e. The van der Waals surface area contributed by atoms with Crippen LogP contribution in [0.3, 0.4) is 0 Å². The number of carbonyl (C=O) groups is 1. The highest BCUT2D eigenvalue weighted by molar-refractivity contribution is 5.92. The van der Waals surface area contributed by atoms with Crippen LogP contribution >= 0.6 is 0 Å². The van der Waals surface area contributed by atoms with E-state index in [1.807, 2.05) is 12.1 Å². The first kappa shape index (κ1) is 16.1. The summed E-state index contributed by atoms with van der Waals surface area (Å²) in [5.74, 6) is -0.0727. The van der Waals surface area contributed by atoms with Crippen LogP contribution in [0.2, 0.25) is 0 Å². The molecule has 2 fully saturated rings. The number of hydrogen-bond acceptors (Lipinski definition) is 6. The van der Waals surface area contributed by atoms with Gasteiger partial charge >= 0.3 is 0 Å². The van der Waals surface area contributed by atoms with Crippen LogP contribution in [-0.2, 0) is 16.1 Å². The Bertz CT molecular complexity index is 720. The molecule has 1 spiro atoms. The topological polar surface area (TPSA) is 77.4 Å². The first-order valence-electron chi connectivity index (χ1n) is 8.44. The monoisotopic (exact) mass is 340 g/mol. The minimum absolute atomic E-state index is 0.0727. The van der Waals surface area contributed by atoms with Gasteiger partial charge in [-0.1, -0.05) is 0 Å². The molecule has 4 rings (SSSR count). The number of ether oxygens (including phenoxy) is 2. The van der Waals surface area contributed by atoms with E-state index in [1.54, 1.807) is 29.6 Å². The Balaban J connectivity index is 1.31. The van der Waals surface area contributed by atoms with E-state index in [-0.39, 0.29) is 17.6 Å². The van der Waals surface area contributed by atoms with Crippen molar-refractivity contribution in [1.82, 2.24) is 19.9 Å². The number of aromatic nitrogens is 3. The zero-order chi connectivity index (χ0) is 17.1. The maximum atomic E-state index is 12.4. The van der Waals surface area contributed by atoms with Gasteiger partial charge in [-0.3, -0.25) is 9.78 Å². The fraction of sp³-hybridized carbons (Fsp3) is 0.444. The summed E-state index contributed by atoms with van der Waals surface area (Å²) in [5.41, 5.74) is 1.26. The normalized spacial score (nSPS) is 21.8. The summed E-state index contributed by atoms with van der Waals surface area (Å²) in [6.45, 7) is 2.42. The SMILES string of the molecule is O=C(c1ccncn1)N1CC2(C[C@H](OCc3ccncc3)CCO2)C1. The highest BCUT2D eigenvalue weighted by Crippen LogP contribution is 2.36. The summed E-state index contributed by atoms with van der Waals surface area (Å²) in [6.07, 6.45) is 8.36. The van der Waals surface area contributed by atoms with E-state index < -0.39 is 0 Å². The van der Waals surface area contributed by atoms with Crippen molar-refractivity contribution in [3.8, 4) is 0 Å². The fourth-order valence-corrected chi connectivity index (χ4v) is 3.41. The molecule has 2 aliphatic rings. The molecule has 25 heavy (non-hydrogen) atoms. The lowest BCUT2D eigenvalue weighted by Gasteiger charge is -2.52. The first-order chi connectivity index (χ1) is 12.2. The van der Waals surface area contributed by atoms with Crippen LogP contribution in [0.1, 0.15) is 28.9 Å². The summed E-state index contributed by atoms with van der Waals surface area (Å²) < 4.78 is 12.0. The number of hydrogen-bond donors (Lipinski definition) is 0. The fourth-order valence-electron chi connectivity index (χ4n) is 3.41. The van der Waals surface area contributed by atoms with Gasteiger partial charge in [0.1, 0.15) is 17.6 Å². The van der Waals surface area contributed by atoms with Gasteiger partial charge in [0.15, 0.2) is 0 Å². The van der Waals surface area contributed by atoms with Gasteiger partial charge < -0.3 is 14.4 Å². The summed E-state index contributed by atoms with van der Waals surface area (Å²) in [4.78, 5) is 26.0. The lowest BCUT2D eigenvalue weighted by atomic mass is 9.84. The van der Waals surface area contributed by atoms with Crippen LogP contribution < -0.4 is 0 Å². The number of carbonyl (C=O) groups excluding carboxylic acids is 1. The van der Waals surface area contributed by atoms with Crippen LogP contribution in [0.5, 0.6) is 0 Å². The third-order valence-electron chi connectivity index (χ3n) is 4.73. The molecule has 7 nitrogen and oxygen atoms in total. The summed E-state index contributed by atoms with van der Waals surface area (Å²) in [6, 6.07) is 5.55. The molecule has 0 N–H and O–H groups in total. The molecule has 0 aliphatic carbocycles. The molecule has 0 bridgehead atoms. The number of likely N-dealkylation sites (tertiary alicyclic amines) is 1. The molecule has 4 heterocycles. The van der Waals surface area contributed by atoms with Gasteiger partial charge in [0.2, 0.25) is 0 Å². The molecule has 7 heteroatoms. The maximum Gasteiger partial charge on any atom is 0.272 e. The minimum atomic E-state index is -0.274. The van der Waals surface area contributed by atoms with Gasteiger partial charge in [-0.2, -0.15) is 0 Å². The van der Waals surface area contributed by atoms with E-state index >= 15 is 0 Å². The number of pyridine rings is 1. The maximum absolute atomic E-state index is 12.4. The standard InChI is InChI=1S/C18H20N4O3/c23-17(16-3-7-20-13-21-16)22-11-18(12-22)9-15(4-8-25-18)24-10-14-1-5-19-6-2-14/h1-3,5-7,13,15H,4,8-12H2/t15-/m1/s1. The van der Waals surface area contributed by atoms with Crippen molar-refractivity contribution in [2.75, 3.05) is 19.7 Å². The second-order valence-electron chi connectivity index (χ2n) is 6.57. The number of rotatable bonds is 4. The van der Waals surface area contributed by atoms with Gasteiger partial charge in [0.25, 0.3) is 5.91 Å². The van der Waals surface area contributed by atoms with Crippen LogP contribution in [0.15, 0.2) is 43.1 Å². The van der Waals surface area contributed by atoms with Crippen molar-refractivity contribution in [3.63, 3.8) is 0 Å². The third kappa shape index (κ3) is 3.52. The molecule has 2 saturated heterocycles. The molecule has 1 atom stereocenters. The Morgan fingerprint density at radius 2 is 2.04 bits per heavy atom. The van der Waals surface area contributed by atoms with Crippen molar-refractivity contribution in [1.29, 1.82) is 0 Å². The van der Waals surface area contributed by atoms with Crippen LogP contribution in [0.25, 0.3) is 0 Å². The summed E-state index contributed by atoms with van der Waals surface area (Å²) in [5, 5.41) is 0. The van der Waals surface area contributed by atoms with Crippen LogP contribution in [-0.4, -0.2) is 57.2 Å². The zero-order valence-corrected chi connectivity index (χ0v) is 13.9. The largest absolute Gasteiger partial charge is 0.373 e. The van der Waals surface area contributed by atoms with E-state index in [1.165, 1.54) is 6.33 Å². The summed E-state index contributed by atoms with van der Waals surface area (Å²) in [7, 11) is 0. The molecule has 2 aliphatic heterocycles. The molecule has 130 valence electrons. The Morgan fingerprint density at radius 3 is 2.80 bits per heavy atom. The molecule has 2 aromatic rings. The Morgan fingerprint density at radius 1 is 1.24 bits per heavy atom. The highest BCUT2D eigenvalue weighted by atomic mass is 16.5. The zero-order valence-electron chi connectivity index (χ0n) is 13.9. The number of nitrogens with zero attached hydrogens (tertiary/aromatic N) is 4. The molecule has 0 radical (unpaired) electrons. The van der Waals surface area contributed by atoms with Gasteiger partial charge in [-0.25, -0.2) is 9.97 Å². The first-order valence-corrected chi connectivity index (χ1v) is 8.44. The second kappa shape index (κ2) is 6.85. The van der Waals surface area contributed by atoms with Crippen molar-refractivity contribution >= 4 is 5.91 Å². The quantitative estimate of drug-likeness (QED) is 0.839.